The molecular formula is C10H20N2. The summed E-state index contributed by atoms with van der Waals surface area (Å²) in [4.78, 5) is 2.50. The van der Waals surface area contributed by atoms with Gasteiger partial charge >= 0.3 is 0 Å². The molecular weight excluding hydrogens is 148 g/mol. The maximum Gasteiger partial charge on any atom is 0.0244 e. The number of likely N-dealkylation sites (N-methyl/N-ethyl adjacent to an activating group) is 1. The second kappa shape index (κ2) is 3.35. The van der Waals surface area contributed by atoms with Crippen LogP contribution in [0.25, 0.3) is 0 Å². The molecule has 2 N–H and O–H groups in total. The highest BCUT2D eigenvalue weighted by atomic mass is 15.2. The zero-order valence-electron chi connectivity index (χ0n) is 8.00. The van der Waals surface area contributed by atoms with Gasteiger partial charge in [0.2, 0.25) is 0 Å². The molecule has 0 radical (unpaired) electrons. The molecule has 2 heteroatoms. The zero-order chi connectivity index (χ0) is 8.55. The summed E-state index contributed by atoms with van der Waals surface area (Å²) in [5, 5.41) is 0. The summed E-state index contributed by atoms with van der Waals surface area (Å²) in [6.45, 7) is 1.29. The first kappa shape index (κ1) is 8.52. The van der Waals surface area contributed by atoms with Gasteiger partial charge in [-0.3, -0.25) is 0 Å². The van der Waals surface area contributed by atoms with Crippen molar-refractivity contribution in [2.75, 3.05) is 13.6 Å². The molecule has 0 aromatic carbocycles. The SMILES string of the molecule is CN(CC1CC1)C1CCCC1N. The molecule has 0 aliphatic heterocycles. The Labute approximate surface area is 75.1 Å². The lowest BCUT2D eigenvalue weighted by atomic mass is 10.1. The average Bonchev–Trinajstić information content (AvgIpc) is 2.72. The van der Waals surface area contributed by atoms with Gasteiger partial charge in [0.05, 0.1) is 0 Å². The molecule has 2 aliphatic carbocycles. The van der Waals surface area contributed by atoms with Crippen molar-refractivity contribution in [3.05, 3.63) is 0 Å². The smallest absolute Gasteiger partial charge is 0.0244 e. The van der Waals surface area contributed by atoms with Crippen molar-refractivity contribution in [1.82, 2.24) is 4.90 Å². The van der Waals surface area contributed by atoms with Crippen LogP contribution in [0.3, 0.4) is 0 Å². The fourth-order valence-corrected chi connectivity index (χ4v) is 2.36. The number of rotatable bonds is 3. The van der Waals surface area contributed by atoms with Gasteiger partial charge in [-0.25, -0.2) is 0 Å². The highest BCUT2D eigenvalue weighted by Crippen LogP contribution is 2.31. The van der Waals surface area contributed by atoms with Crippen LogP contribution >= 0.6 is 0 Å². The molecule has 0 spiro atoms. The van der Waals surface area contributed by atoms with Crippen LogP contribution in [-0.2, 0) is 0 Å². The van der Waals surface area contributed by atoms with Gasteiger partial charge in [0.25, 0.3) is 0 Å². The Morgan fingerprint density at radius 3 is 2.50 bits per heavy atom. The first-order valence-electron chi connectivity index (χ1n) is 5.23. The highest BCUT2D eigenvalue weighted by Gasteiger charge is 2.31. The van der Waals surface area contributed by atoms with Gasteiger partial charge in [0, 0.05) is 18.6 Å². The predicted molar refractivity (Wildman–Crippen MR) is 51.0 cm³/mol. The summed E-state index contributed by atoms with van der Waals surface area (Å²) in [7, 11) is 2.24. The largest absolute Gasteiger partial charge is 0.326 e. The standard InChI is InChI=1S/C10H20N2/c1-12(7-8-5-6-8)10-4-2-3-9(10)11/h8-10H,2-7,11H2,1H3. The molecule has 0 bridgehead atoms. The second-order valence-electron chi connectivity index (χ2n) is 4.55. The maximum absolute atomic E-state index is 6.03. The van der Waals surface area contributed by atoms with Crippen LogP contribution in [0.1, 0.15) is 32.1 Å². The minimum Gasteiger partial charge on any atom is -0.326 e. The van der Waals surface area contributed by atoms with Crippen LogP contribution in [0.15, 0.2) is 0 Å². The van der Waals surface area contributed by atoms with E-state index in [-0.39, 0.29) is 0 Å². The molecule has 0 amide bonds. The lowest BCUT2D eigenvalue weighted by Crippen LogP contribution is -2.42. The van der Waals surface area contributed by atoms with Crippen LogP contribution in [0.2, 0.25) is 0 Å². The molecule has 0 heterocycles. The Hall–Kier alpha value is -0.0800. The summed E-state index contributed by atoms with van der Waals surface area (Å²) in [6, 6.07) is 1.14. The van der Waals surface area contributed by atoms with Gasteiger partial charge < -0.3 is 10.6 Å². The van der Waals surface area contributed by atoms with Crippen molar-refractivity contribution >= 4 is 0 Å². The summed E-state index contributed by atoms with van der Waals surface area (Å²) in [5.74, 6) is 1.00. The summed E-state index contributed by atoms with van der Waals surface area (Å²) >= 11 is 0. The van der Waals surface area contributed by atoms with Crippen LogP contribution in [0, 0.1) is 5.92 Å². The second-order valence-corrected chi connectivity index (χ2v) is 4.55. The number of hydrogen-bond acceptors (Lipinski definition) is 2. The molecule has 2 aliphatic rings. The third-order valence-electron chi connectivity index (χ3n) is 3.34. The Morgan fingerprint density at radius 2 is 2.00 bits per heavy atom. The van der Waals surface area contributed by atoms with E-state index in [1.54, 1.807) is 0 Å². The molecule has 2 nitrogen and oxygen atoms in total. The van der Waals surface area contributed by atoms with E-state index in [4.69, 9.17) is 5.73 Å². The first-order valence-corrected chi connectivity index (χ1v) is 5.23. The van der Waals surface area contributed by atoms with Gasteiger partial charge in [-0.15, -0.1) is 0 Å². The Morgan fingerprint density at radius 1 is 1.25 bits per heavy atom. The van der Waals surface area contributed by atoms with Crippen molar-refractivity contribution in [3.63, 3.8) is 0 Å². The molecule has 0 saturated heterocycles. The van der Waals surface area contributed by atoms with E-state index in [1.807, 2.05) is 0 Å². The van der Waals surface area contributed by atoms with E-state index in [1.165, 1.54) is 38.6 Å². The van der Waals surface area contributed by atoms with E-state index < -0.39 is 0 Å². The Kier molecular flexibility index (Phi) is 2.37. The van der Waals surface area contributed by atoms with Crippen molar-refractivity contribution in [2.24, 2.45) is 11.7 Å². The topological polar surface area (TPSA) is 29.3 Å². The van der Waals surface area contributed by atoms with Gasteiger partial charge in [-0.1, -0.05) is 6.42 Å². The molecule has 2 fully saturated rings. The molecule has 0 aromatic heterocycles. The van der Waals surface area contributed by atoms with Crippen molar-refractivity contribution in [1.29, 1.82) is 0 Å². The third-order valence-corrected chi connectivity index (χ3v) is 3.34. The first-order chi connectivity index (χ1) is 5.77. The minimum absolute atomic E-state index is 0.453. The van der Waals surface area contributed by atoms with Gasteiger partial charge in [-0.05, 0) is 38.6 Å². The van der Waals surface area contributed by atoms with Gasteiger partial charge in [0.15, 0.2) is 0 Å². The lowest BCUT2D eigenvalue weighted by Gasteiger charge is -2.27. The van der Waals surface area contributed by atoms with Gasteiger partial charge in [0.1, 0.15) is 0 Å². The molecule has 0 aromatic rings. The molecule has 70 valence electrons. The maximum atomic E-state index is 6.03. The molecule has 12 heavy (non-hydrogen) atoms. The number of hydrogen-bond donors (Lipinski definition) is 1. The highest BCUT2D eigenvalue weighted by molar-refractivity contribution is 4.89. The summed E-state index contributed by atoms with van der Waals surface area (Å²) in [5.41, 5.74) is 6.03. The zero-order valence-corrected chi connectivity index (χ0v) is 8.00. The number of nitrogens with two attached hydrogens (primary N) is 1. The van der Waals surface area contributed by atoms with Gasteiger partial charge in [-0.2, -0.15) is 0 Å². The monoisotopic (exact) mass is 168 g/mol. The van der Waals surface area contributed by atoms with Crippen molar-refractivity contribution in [2.45, 2.75) is 44.2 Å². The van der Waals surface area contributed by atoms with Crippen molar-refractivity contribution in [3.8, 4) is 0 Å². The van der Waals surface area contributed by atoms with E-state index in [0.717, 1.165) is 5.92 Å². The third kappa shape index (κ3) is 1.80. The van der Waals surface area contributed by atoms with Crippen LogP contribution in [-0.4, -0.2) is 30.6 Å². The lowest BCUT2D eigenvalue weighted by molar-refractivity contribution is 0.220. The van der Waals surface area contributed by atoms with Crippen molar-refractivity contribution < 1.29 is 0 Å². The molecule has 2 rings (SSSR count). The molecule has 2 atom stereocenters. The van der Waals surface area contributed by atoms with Crippen LogP contribution < -0.4 is 5.73 Å². The predicted octanol–water partition coefficient (Wildman–Crippen LogP) is 1.21. The average molecular weight is 168 g/mol. The van der Waals surface area contributed by atoms with E-state index >= 15 is 0 Å². The number of nitrogens with zero attached hydrogens (tertiary/aromatic N) is 1. The minimum atomic E-state index is 0.453. The van der Waals surface area contributed by atoms with Crippen LogP contribution in [0.4, 0.5) is 0 Å². The Bertz CT molecular complexity index is 154. The fraction of sp³-hybridized carbons (Fsp3) is 1.00. The Balaban J connectivity index is 1.80. The normalized spacial score (nSPS) is 36.2. The summed E-state index contributed by atoms with van der Waals surface area (Å²) in [6.07, 6.45) is 6.80. The van der Waals surface area contributed by atoms with Crippen LogP contribution in [0.5, 0.6) is 0 Å². The summed E-state index contributed by atoms with van der Waals surface area (Å²) < 4.78 is 0. The quantitative estimate of drug-likeness (QED) is 0.686. The van der Waals surface area contributed by atoms with E-state index in [0.29, 0.717) is 12.1 Å². The molecule has 2 unspecified atom stereocenters. The van der Waals surface area contributed by atoms with E-state index in [9.17, 15) is 0 Å². The fourth-order valence-electron chi connectivity index (χ4n) is 2.36. The molecule has 2 saturated carbocycles. The van der Waals surface area contributed by atoms with E-state index in [2.05, 4.69) is 11.9 Å².